The minimum absolute atomic E-state index is 0.0810. The number of Topliss-reactive ketones (excluding diaryl/α,β-unsaturated/α-hetero) is 1. The zero-order chi connectivity index (χ0) is 16.1. The van der Waals surface area contributed by atoms with Crippen molar-refractivity contribution < 1.29 is 14.7 Å². The Hall–Kier alpha value is -1.72. The van der Waals surface area contributed by atoms with Crippen LogP contribution in [0.3, 0.4) is 0 Å². The molecule has 1 amide bonds. The fraction of sp³-hybridized carbons (Fsp3) is 0.529. The molecular formula is C17H24N2O3. The quantitative estimate of drug-likeness (QED) is 0.836. The molecule has 0 radical (unpaired) electrons. The molecular weight excluding hydrogens is 280 g/mol. The molecule has 1 aromatic carbocycles. The van der Waals surface area contributed by atoms with Crippen LogP contribution in [0.5, 0.6) is 0 Å². The van der Waals surface area contributed by atoms with Crippen LogP contribution in [0, 0.1) is 0 Å². The van der Waals surface area contributed by atoms with Gasteiger partial charge in [0.15, 0.2) is 5.78 Å². The third kappa shape index (κ3) is 3.54. The summed E-state index contributed by atoms with van der Waals surface area (Å²) in [4.78, 5) is 28.3. The Bertz CT molecular complexity index is 532. The Labute approximate surface area is 131 Å². The average molecular weight is 304 g/mol. The van der Waals surface area contributed by atoms with E-state index in [1.807, 2.05) is 0 Å². The summed E-state index contributed by atoms with van der Waals surface area (Å²) in [6, 6.07) is 7.15. The summed E-state index contributed by atoms with van der Waals surface area (Å²) < 4.78 is 0. The van der Waals surface area contributed by atoms with E-state index in [1.165, 1.54) is 6.92 Å². The number of ketones is 1. The van der Waals surface area contributed by atoms with Crippen molar-refractivity contribution in [1.82, 2.24) is 9.80 Å². The minimum Gasteiger partial charge on any atom is -0.395 e. The highest BCUT2D eigenvalue weighted by Crippen LogP contribution is 2.15. The Morgan fingerprint density at radius 3 is 2.23 bits per heavy atom. The number of hydrogen-bond acceptors (Lipinski definition) is 4. The van der Waals surface area contributed by atoms with Crippen molar-refractivity contribution in [2.24, 2.45) is 0 Å². The van der Waals surface area contributed by atoms with Gasteiger partial charge in [-0.15, -0.1) is 0 Å². The number of piperazine rings is 1. The highest BCUT2D eigenvalue weighted by molar-refractivity contribution is 6.07. The molecule has 1 aliphatic heterocycles. The molecule has 0 aliphatic carbocycles. The monoisotopic (exact) mass is 304 g/mol. The van der Waals surface area contributed by atoms with Crippen LogP contribution in [0.15, 0.2) is 24.3 Å². The first-order chi connectivity index (χ1) is 10.6. The molecule has 5 nitrogen and oxygen atoms in total. The van der Waals surface area contributed by atoms with E-state index >= 15 is 0 Å². The van der Waals surface area contributed by atoms with E-state index in [-0.39, 0.29) is 24.3 Å². The lowest BCUT2D eigenvalue weighted by Crippen LogP contribution is -2.52. The van der Waals surface area contributed by atoms with Gasteiger partial charge in [-0.1, -0.05) is 25.1 Å². The largest absolute Gasteiger partial charge is 0.395 e. The second kappa shape index (κ2) is 7.51. The number of rotatable bonds is 5. The first kappa shape index (κ1) is 16.6. The van der Waals surface area contributed by atoms with Gasteiger partial charge in [-0.05, 0) is 19.4 Å². The predicted molar refractivity (Wildman–Crippen MR) is 85.1 cm³/mol. The third-order valence-corrected chi connectivity index (χ3v) is 4.34. The second-order valence-corrected chi connectivity index (χ2v) is 5.67. The first-order valence-corrected chi connectivity index (χ1v) is 7.82. The van der Waals surface area contributed by atoms with Crippen molar-refractivity contribution in [3.05, 3.63) is 35.4 Å². The lowest BCUT2D eigenvalue weighted by Gasteiger charge is -2.38. The van der Waals surface area contributed by atoms with Gasteiger partial charge >= 0.3 is 0 Å². The van der Waals surface area contributed by atoms with Crippen LogP contribution in [0.25, 0.3) is 0 Å². The zero-order valence-corrected chi connectivity index (χ0v) is 13.3. The van der Waals surface area contributed by atoms with Gasteiger partial charge in [-0.2, -0.15) is 0 Å². The van der Waals surface area contributed by atoms with Gasteiger partial charge in [0, 0.05) is 37.8 Å². The van der Waals surface area contributed by atoms with Crippen LogP contribution in [0.1, 0.15) is 41.0 Å². The predicted octanol–water partition coefficient (Wildman–Crippen LogP) is 1.42. The summed E-state index contributed by atoms with van der Waals surface area (Å²) >= 11 is 0. The Morgan fingerprint density at radius 2 is 1.73 bits per heavy atom. The number of carbonyl (C=O) groups excluding carboxylic acids is 2. The maximum absolute atomic E-state index is 12.6. The average Bonchev–Trinajstić information content (AvgIpc) is 2.56. The van der Waals surface area contributed by atoms with Crippen LogP contribution < -0.4 is 0 Å². The van der Waals surface area contributed by atoms with E-state index in [1.54, 1.807) is 29.2 Å². The number of benzene rings is 1. The molecule has 0 spiro atoms. The van der Waals surface area contributed by atoms with Gasteiger partial charge < -0.3 is 10.0 Å². The maximum Gasteiger partial charge on any atom is 0.254 e. The van der Waals surface area contributed by atoms with Crippen LogP contribution in [0.4, 0.5) is 0 Å². The van der Waals surface area contributed by atoms with Crippen LogP contribution >= 0.6 is 0 Å². The Morgan fingerprint density at radius 1 is 1.14 bits per heavy atom. The molecule has 1 aromatic rings. The van der Waals surface area contributed by atoms with E-state index in [4.69, 9.17) is 0 Å². The summed E-state index contributed by atoms with van der Waals surface area (Å²) in [6.45, 7) is 6.46. The highest BCUT2D eigenvalue weighted by Gasteiger charge is 2.26. The van der Waals surface area contributed by atoms with Crippen LogP contribution in [-0.2, 0) is 0 Å². The fourth-order valence-corrected chi connectivity index (χ4v) is 2.94. The normalized spacial score (nSPS) is 17.3. The molecule has 0 saturated carbocycles. The zero-order valence-electron chi connectivity index (χ0n) is 13.3. The van der Waals surface area contributed by atoms with Gasteiger partial charge in [-0.3, -0.25) is 14.5 Å². The van der Waals surface area contributed by atoms with Gasteiger partial charge in [0.2, 0.25) is 0 Å². The summed E-state index contributed by atoms with van der Waals surface area (Å²) in [7, 11) is 0. The fourth-order valence-electron chi connectivity index (χ4n) is 2.94. The summed E-state index contributed by atoms with van der Waals surface area (Å²) in [6.07, 6.45) is 0.900. The SMILES string of the molecule is CCC(CO)N1CCN(C(=O)c2ccccc2C(C)=O)CC1. The molecule has 1 atom stereocenters. The van der Waals surface area contributed by atoms with Crippen molar-refractivity contribution in [3.63, 3.8) is 0 Å². The molecule has 0 bridgehead atoms. The summed E-state index contributed by atoms with van der Waals surface area (Å²) in [5.41, 5.74) is 0.967. The maximum atomic E-state index is 12.6. The standard InChI is InChI=1S/C17H24N2O3/c1-3-14(12-20)18-8-10-19(11-9-18)17(22)16-7-5-4-6-15(16)13(2)21/h4-7,14,20H,3,8-12H2,1-2H3. The van der Waals surface area contributed by atoms with E-state index in [2.05, 4.69) is 11.8 Å². The third-order valence-electron chi connectivity index (χ3n) is 4.34. The van der Waals surface area contributed by atoms with Crippen molar-refractivity contribution in [3.8, 4) is 0 Å². The molecule has 120 valence electrons. The molecule has 5 heteroatoms. The van der Waals surface area contributed by atoms with Crippen molar-refractivity contribution in [2.75, 3.05) is 32.8 Å². The van der Waals surface area contributed by atoms with Gasteiger partial charge in [0.25, 0.3) is 5.91 Å². The number of amides is 1. The van der Waals surface area contributed by atoms with Crippen molar-refractivity contribution in [2.45, 2.75) is 26.3 Å². The summed E-state index contributed by atoms with van der Waals surface area (Å²) in [5.74, 6) is -0.170. The number of nitrogens with zero attached hydrogens (tertiary/aromatic N) is 2. The molecule has 1 heterocycles. The van der Waals surface area contributed by atoms with E-state index < -0.39 is 0 Å². The molecule has 22 heavy (non-hydrogen) atoms. The van der Waals surface area contributed by atoms with Gasteiger partial charge in [0.05, 0.1) is 12.2 Å². The molecule has 1 saturated heterocycles. The second-order valence-electron chi connectivity index (χ2n) is 5.67. The Kier molecular flexibility index (Phi) is 5.69. The van der Waals surface area contributed by atoms with E-state index in [9.17, 15) is 14.7 Å². The number of aliphatic hydroxyl groups is 1. The highest BCUT2D eigenvalue weighted by atomic mass is 16.3. The minimum atomic E-state index is -0.0890. The Balaban J connectivity index is 2.06. The molecule has 0 aromatic heterocycles. The van der Waals surface area contributed by atoms with Gasteiger partial charge in [0.1, 0.15) is 0 Å². The first-order valence-electron chi connectivity index (χ1n) is 7.82. The molecule has 1 fully saturated rings. The molecule has 2 rings (SSSR count). The number of aliphatic hydroxyl groups excluding tert-OH is 1. The topological polar surface area (TPSA) is 60.9 Å². The van der Waals surface area contributed by atoms with Gasteiger partial charge in [-0.25, -0.2) is 0 Å². The molecule has 1 N–H and O–H groups in total. The van der Waals surface area contributed by atoms with E-state index in [0.29, 0.717) is 24.2 Å². The lowest BCUT2D eigenvalue weighted by atomic mass is 10.0. The summed E-state index contributed by atoms with van der Waals surface area (Å²) in [5, 5.41) is 9.37. The number of carbonyl (C=O) groups is 2. The lowest BCUT2D eigenvalue weighted by molar-refractivity contribution is 0.0470. The smallest absolute Gasteiger partial charge is 0.254 e. The van der Waals surface area contributed by atoms with E-state index in [0.717, 1.165) is 19.5 Å². The van der Waals surface area contributed by atoms with Crippen LogP contribution in [-0.4, -0.2) is 65.4 Å². The van der Waals surface area contributed by atoms with Crippen LogP contribution in [0.2, 0.25) is 0 Å². The molecule has 1 unspecified atom stereocenters. The molecule has 1 aliphatic rings. The van der Waals surface area contributed by atoms with Crippen molar-refractivity contribution in [1.29, 1.82) is 0 Å². The van der Waals surface area contributed by atoms with Crippen molar-refractivity contribution >= 4 is 11.7 Å². The number of hydrogen-bond donors (Lipinski definition) is 1.